The predicted molar refractivity (Wildman–Crippen MR) is 171 cm³/mol. The number of carbonyl (C=O) groups excluding carboxylic acids is 3. The van der Waals surface area contributed by atoms with Gasteiger partial charge in [-0.25, -0.2) is 9.59 Å². The van der Waals surface area contributed by atoms with Gasteiger partial charge in [-0.1, -0.05) is 67.8 Å². The quantitative estimate of drug-likeness (QED) is 0.319. The maximum absolute atomic E-state index is 13.9. The highest BCUT2D eigenvalue weighted by molar-refractivity contribution is 5.92. The van der Waals surface area contributed by atoms with E-state index in [1.54, 1.807) is 12.1 Å². The maximum atomic E-state index is 13.9. The zero-order valence-corrected chi connectivity index (χ0v) is 26.1. The molecule has 0 bridgehead atoms. The van der Waals surface area contributed by atoms with Gasteiger partial charge < -0.3 is 19.9 Å². The Morgan fingerprint density at radius 3 is 2.24 bits per heavy atom. The minimum absolute atomic E-state index is 0.0129. The second-order valence-corrected chi connectivity index (χ2v) is 12.6. The molecule has 45 heavy (non-hydrogen) atoms. The molecule has 1 aliphatic carbocycles. The lowest BCUT2D eigenvalue weighted by molar-refractivity contribution is 0.0600. The molecule has 3 aromatic rings. The lowest BCUT2D eigenvalue weighted by Crippen LogP contribution is -2.47. The average Bonchev–Trinajstić information content (AvgIpc) is 3.41. The minimum Gasteiger partial charge on any atom is -0.465 e. The lowest BCUT2D eigenvalue weighted by Gasteiger charge is -2.39. The van der Waals surface area contributed by atoms with E-state index in [2.05, 4.69) is 32.2 Å². The number of aromatic nitrogens is 1. The van der Waals surface area contributed by atoms with Crippen molar-refractivity contribution < 1.29 is 19.1 Å². The third-order valence-corrected chi connectivity index (χ3v) is 9.51. The maximum Gasteiger partial charge on any atom is 0.337 e. The van der Waals surface area contributed by atoms with Crippen LogP contribution in [0.5, 0.6) is 0 Å². The molecule has 0 radical (unpaired) electrons. The van der Waals surface area contributed by atoms with Crippen molar-refractivity contribution in [3.63, 3.8) is 0 Å². The number of amides is 3. The second-order valence-electron chi connectivity index (χ2n) is 12.6. The number of carbonyl (C=O) groups is 3. The third-order valence-electron chi connectivity index (χ3n) is 9.51. The van der Waals surface area contributed by atoms with E-state index >= 15 is 0 Å². The topological polar surface area (TPSA) is 95.1 Å². The molecule has 6 rings (SSSR count). The summed E-state index contributed by atoms with van der Waals surface area (Å²) in [6, 6.07) is 21.9. The van der Waals surface area contributed by atoms with Gasteiger partial charge in [-0.2, -0.15) is 0 Å². The Hall–Kier alpha value is -4.24. The zero-order valence-electron chi connectivity index (χ0n) is 26.1. The number of urea groups is 1. The summed E-state index contributed by atoms with van der Waals surface area (Å²) in [5.41, 5.74) is 4.19. The molecule has 3 heterocycles. The van der Waals surface area contributed by atoms with Gasteiger partial charge in [0.1, 0.15) is 5.69 Å². The van der Waals surface area contributed by atoms with Crippen LogP contribution in [0.15, 0.2) is 72.9 Å². The Morgan fingerprint density at radius 1 is 0.867 bits per heavy atom. The predicted octanol–water partition coefficient (Wildman–Crippen LogP) is 5.57. The Kier molecular flexibility index (Phi) is 9.74. The standard InChI is InChI=1S/C36H43N5O4/c1-45-35(43)29-15-12-26(13-16-29)24-40-25-33(28-8-4-2-5-9-28)41(36(40)44)31-18-20-39(21-19-31)23-27-14-17-32(37-22-27)34(42)38-30-10-6-3-7-11-30/h2,4-5,8-9,12-17,22,30-31,33H,3,6-7,10-11,18-21,23-25H2,1H3,(H,38,42). The molecule has 1 aromatic heterocycles. The summed E-state index contributed by atoms with van der Waals surface area (Å²) in [6.45, 7) is 3.65. The number of methoxy groups -OCH3 is 1. The van der Waals surface area contributed by atoms with Crippen molar-refractivity contribution >= 4 is 17.9 Å². The number of esters is 1. The van der Waals surface area contributed by atoms with Crippen LogP contribution in [0.3, 0.4) is 0 Å². The van der Waals surface area contributed by atoms with Crippen LogP contribution in [-0.2, 0) is 17.8 Å². The number of ether oxygens (including phenoxy) is 1. The van der Waals surface area contributed by atoms with E-state index in [1.165, 1.54) is 26.4 Å². The van der Waals surface area contributed by atoms with E-state index < -0.39 is 0 Å². The largest absolute Gasteiger partial charge is 0.465 e. The van der Waals surface area contributed by atoms with Crippen LogP contribution in [0.2, 0.25) is 0 Å². The second kappa shape index (κ2) is 14.2. The summed E-state index contributed by atoms with van der Waals surface area (Å²) in [4.78, 5) is 49.4. The highest BCUT2D eigenvalue weighted by Crippen LogP contribution is 2.35. The van der Waals surface area contributed by atoms with Crippen LogP contribution < -0.4 is 5.32 Å². The molecule has 1 saturated carbocycles. The third kappa shape index (κ3) is 7.36. The van der Waals surface area contributed by atoms with Crippen molar-refractivity contribution in [2.75, 3.05) is 26.7 Å². The Bertz CT molecular complexity index is 1450. The molecule has 2 aromatic carbocycles. The van der Waals surface area contributed by atoms with Crippen LogP contribution in [0, 0.1) is 0 Å². The van der Waals surface area contributed by atoms with Gasteiger partial charge in [0.15, 0.2) is 0 Å². The van der Waals surface area contributed by atoms with Gasteiger partial charge in [-0.15, -0.1) is 0 Å². The van der Waals surface area contributed by atoms with Crippen LogP contribution in [-0.4, -0.2) is 76.4 Å². The van der Waals surface area contributed by atoms with Crippen molar-refractivity contribution in [3.8, 4) is 0 Å². The molecule has 1 atom stereocenters. The van der Waals surface area contributed by atoms with E-state index in [1.807, 2.05) is 53.6 Å². The van der Waals surface area contributed by atoms with Gasteiger partial charge in [0.05, 0.1) is 18.7 Å². The van der Waals surface area contributed by atoms with E-state index in [9.17, 15) is 14.4 Å². The molecule has 2 aliphatic heterocycles. The van der Waals surface area contributed by atoms with Gasteiger partial charge in [-0.3, -0.25) is 14.7 Å². The molecule has 3 amide bonds. The number of hydrogen-bond donors (Lipinski definition) is 1. The number of benzene rings is 2. The normalized spacial score (nSPS) is 19.9. The first-order valence-corrected chi connectivity index (χ1v) is 16.3. The van der Waals surface area contributed by atoms with Gasteiger partial charge in [0, 0.05) is 51.0 Å². The Balaban J connectivity index is 1.06. The monoisotopic (exact) mass is 609 g/mol. The number of hydrogen-bond acceptors (Lipinski definition) is 6. The number of pyridine rings is 1. The molecule has 3 aliphatic rings. The summed E-state index contributed by atoms with van der Waals surface area (Å²) in [5.74, 6) is -0.448. The number of nitrogens with zero attached hydrogens (tertiary/aromatic N) is 4. The number of nitrogens with one attached hydrogen (secondary N) is 1. The summed E-state index contributed by atoms with van der Waals surface area (Å²) in [7, 11) is 1.37. The Morgan fingerprint density at radius 2 is 1.58 bits per heavy atom. The van der Waals surface area contributed by atoms with E-state index in [0.717, 1.165) is 62.0 Å². The van der Waals surface area contributed by atoms with Crippen molar-refractivity contribution in [1.82, 2.24) is 25.0 Å². The number of piperidine rings is 1. The van der Waals surface area contributed by atoms with Crippen LogP contribution in [0.25, 0.3) is 0 Å². The summed E-state index contributed by atoms with van der Waals surface area (Å²) in [5, 5.41) is 3.15. The summed E-state index contributed by atoms with van der Waals surface area (Å²) < 4.78 is 4.82. The summed E-state index contributed by atoms with van der Waals surface area (Å²) >= 11 is 0. The van der Waals surface area contributed by atoms with E-state index in [-0.39, 0.29) is 36.0 Å². The fraction of sp³-hybridized carbons (Fsp3) is 0.444. The smallest absolute Gasteiger partial charge is 0.337 e. The molecule has 9 nitrogen and oxygen atoms in total. The van der Waals surface area contributed by atoms with Crippen molar-refractivity contribution in [2.24, 2.45) is 0 Å². The molecule has 3 fully saturated rings. The average molecular weight is 610 g/mol. The first-order chi connectivity index (χ1) is 22.0. The molecular weight excluding hydrogens is 566 g/mol. The highest BCUT2D eigenvalue weighted by atomic mass is 16.5. The molecule has 1 N–H and O–H groups in total. The zero-order chi connectivity index (χ0) is 31.2. The van der Waals surface area contributed by atoms with Crippen LogP contribution >= 0.6 is 0 Å². The van der Waals surface area contributed by atoms with E-state index in [4.69, 9.17) is 4.74 Å². The molecule has 0 spiro atoms. The number of rotatable bonds is 9. The Labute approximate surface area is 265 Å². The molecule has 9 heteroatoms. The molecule has 236 valence electrons. The first kappa shape index (κ1) is 30.8. The van der Waals surface area contributed by atoms with Crippen LogP contribution in [0.1, 0.15) is 88.5 Å². The molecule has 2 saturated heterocycles. The van der Waals surface area contributed by atoms with Gasteiger partial charge >= 0.3 is 12.0 Å². The minimum atomic E-state index is -0.369. The lowest BCUT2D eigenvalue weighted by atomic mass is 9.95. The van der Waals surface area contributed by atoms with Gasteiger partial charge in [0.25, 0.3) is 5.91 Å². The van der Waals surface area contributed by atoms with Gasteiger partial charge in [-0.05, 0) is 60.6 Å². The van der Waals surface area contributed by atoms with Crippen molar-refractivity contribution in [1.29, 1.82) is 0 Å². The first-order valence-electron chi connectivity index (χ1n) is 16.3. The fourth-order valence-electron chi connectivity index (χ4n) is 7.01. The molecule has 1 unspecified atom stereocenters. The summed E-state index contributed by atoms with van der Waals surface area (Å²) in [6.07, 6.45) is 9.34. The van der Waals surface area contributed by atoms with Crippen molar-refractivity contribution in [3.05, 3.63) is 101 Å². The van der Waals surface area contributed by atoms with Crippen molar-refractivity contribution in [2.45, 2.75) is 76.2 Å². The van der Waals surface area contributed by atoms with Gasteiger partial charge in [0.2, 0.25) is 0 Å². The van der Waals surface area contributed by atoms with E-state index in [0.29, 0.717) is 24.3 Å². The molecular formula is C36H43N5O4. The SMILES string of the molecule is COC(=O)c1ccc(CN2CC(c3ccccc3)N(C3CCN(Cc4ccc(C(=O)NC5CCCCC5)nc4)CC3)C2=O)cc1. The highest BCUT2D eigenvalue weighted by Gasteiger charge is 2.42. The number of likely N-dealkylation sites (tertiary alicyclic amines) is 1. The van der Waals surface area contributed by atoms with Crippen LogP contribution in [0.4, 0.5) is 4.79 Å². The fourth-order valence-corrected chi connectivity index (χ4v) is 7.01.